The molecule has 2 atom stereocenters. The summed E-state index contributed by atoms with van der Waals surface area (Å²) in [6.07, 6.45) is 3.05. The highest BCUT2D eigenvalue weighted by Crippen LogP contribution is 2.59. The van der Waals surface area contributed by atoms with Crippen LogP contribution in [0.3, 0.4) is 0 Å². The number of amides is 1. The second-order valence-corrected chi connectivity index (χ2v) is 7.07. The molecule has 2 unspecified atom stereocenters. The molecule has 4 rings (SSSR count). The molecule has 1 aliphatic carbocycles. The second kappa shape index (κ2) is 6.98. The van der Waals surface area contributed by atoms with Crippen LogP contribution in [0.4, 0.5) is 4.39 Å². The van der Waals surface area contributed by atoms with Crippen molar-refractivity contribution in [2.24, 2.45) is 11.3 Å². The largest absolute Gasteiger partial charge is 0.370 e. The first-order chi connectivity index (χ1) is 11.2. The molecule has 132 valence electrons. The Morgan fingerprint density at radius 1 is 1.33 bits per heavy atom. The molecule has 1 saturated carbocycles. The third-order valence-corrected chi connectivity index (χ3v) is 5.69. The topological polar surface area (TPSA) is 41.6 Å². The average Bonchev–Trinajstić information content (AvgIpc) is 3.28. The number of nitrogens with one attached hydrogen (secondary N) is 1. The average molecular weight is 355 g/mol. The molecule has 3 aliphatic rings. The highest BCUT2D eigenvalue weighted by molar-refractivity contribution is 5.85. The van der Waals surface area contributed by atoms with E-state index < -0.39 is 0 Å². The van der Waals surface area contributed by atoms with E-state index in [4.69, 9.17) is 4.74 Å². The van der Waals surface area contributed by atoms with Crippen molar-refractivity contribution in [1.82, 2.24) is 10.2 Å². The molecule has 0 radical (unpaired) electrons. The summed E-state index contributed by atoms with van der Waals surface area (Å²) < 4.78 is 19.2. The lowest BCUT2D eigenvalue weighted by atomic mass is 9.91. The van der Waals surface area contributed by atoms with Crippen molar-refractivity contribution in [3.05, 3.63) is 35.6 Å². The molecule has 2 saturated heterocycles. The zero-order chi connectivity index (χ0) is 15.9. The van der Waals surface area contributed by atoms with Gasteiger partial charge in [-0.1, -0.05) is 12.1 Å². The first-order valence-electron chi connectivity index (χ1n) is 8.55. The van der Waals surface area contributed by atoms with Gasteiger partial charge in [-0.05, 0) is 55.5 Å². The van der Waals surface area contributed by atoms with Gasteiger partial charge in [-0.25, -0.2) is 4.39 Å². The van der Waals surface area contributed by atoms with Gasteiger partial charge in [0.15, 0.2) is 0 Å². The summed E-state index contributed by atoms with van der Waals surface area (Å²) in [4.78, 5) is 14.8. The Labute approximate surface area is 148 Å². The van der Waals surface area contributed by atoms with Crippen LogP contribution in [0, 0.1) is 17.2 Å². The molecule has 1 N–H and O–H groups in total. The third kappa shape index (κ3) is 3.30. The van der Waals surface area contributed by atoms with Gasteiger partial charge in [0.2, 0.25) is 5.91 Å². The van der Waals surface area contributed by atoms with Crippen LogP contribution in [-0.4, -0.2) is 43.6 Å². The summed E-state index contributed by atoms with van der Waals surface area (Å²) in [5, 5.41) is 3.37. The van der Waals surface area contributed by atoms with Gasteiger partial charge in [0.05, 0.1) is 13.2 Å². The maximum Gasteiger partial charge on any atom is 0.226 e. The fourth-order valence-electron chi connectivity index (χ4n) is 4.15. The van der Waals surface area contributed by atoms with Crippen molar-refractivity contribution in [3.8, 4) is 0 Å². The molecule has 4 nitrogen and oxygen atoms in total. The Hall–Kier alpha value is -1.17. The van der Waals surface area contributed by atoms with Crippen LogP contribution >= 0.6 is 12.4 Å². The number of benzene rings is 1. The van der Waals surface area contributed by atoms with Gasteiger partial charge in [-0.3, -0.25) is 4.79 Å². The predicted molar refractivity (Wildman–Crippen MR) is 91.6 cm³/mol. The van der Waals surface area contributed by atoms with Crippen LogP contribution in [0.5, 0.6) is 0 Å². The van der Waals surface area contributed by atoms with Gasteiger partial charge in [-0.2, -0.15) is 0 Å². The summed E-state index contributed by atoms with van der Waals surface area (Å²) in [7, 11) is 0. The summed E-state index contributed by atoms with van der Waals surface area (Å²) in [5.41, 5.74) is 1.07. The molecule has 2 heterocycles. The molecular formula is C18H24ClFN2O2. The molecule has 1 amide bonds. The van der Waals surface area contributed by atoms with Crippen molar-refractivity contribution < 1.29 is 13.9 Å². The van der Waals surface area contributed by atoms with Crippen molar-refractivity contribution in [2.45, 2.75) is 25.4 Å². The molecule has 2 aliphatic heterocycles. The first-order valence-corrected chi connectivity index (χ1v) is 8.55. The van der Waals surface area contributed by atoms with Gasteiger partial charge >= 0.3 is 0 Å². The molecule has 3 fully saturated rings. The number of rotatable bonds is 2. The SMILES string of the molecule is Cl.O=C(C1CC12CCNCC2)N1CCOC(c2cccc(F)c2)C1. The predicted octanol–water partition coefficient (Wildman–Crippen LogP) is 2.54. The Morgan fingerprint density at radius 2 is 2.12 bits per heavy atom. The fourth-order valence-corrected chi connectivity index (χ4v) is 4.15. The molecule has 6 heteroatoms. The van der Waals surface area contributed by atoms with Gasteiger partial charge in [0.1, 0.15) is 11.9 Å². The third-order valence-electron chi connectivity index (χ3n) is 5.69. The number of hydrogen-bond donors (Lipinski definition) is 1. The van der Waals surface area contributed by atoms with Gasteiger partial charge < -0.3 is 15.0 Å². The number of carbonyl (C=O) groups is 1. The van der Waals surface area contributed by atoms with Crippen LogP contribution in [0.15, 0.2) is 24.3 Å². The van der Waals surface area contributed by atoms with Gasteiger partial charge in [0.25, 0.3) is 0 Å². The van der Waals surface area contributed by atoms with E-state index in [1.165, 1.54) is 12.1 Å². The molecule has 0 bridgehead atoms. The normalized spacial score (nSPS) is 28.3. The Kier molecular flexibility index (Phi) is 5.13. The molecule has 24 heavy (non-hydrogen) atoms. The molecule has 1 aromatic carbocycles. The Morgan fingerprint density at radius 3 is 2.88 bits per heavy atom. The lowest BCUT2D eigenvalue weighted by molar-refractivity contribution is -0.141. The van der Waals surface area contributed by atoms with Crippen molar-refractivity contribution >= 4 is 18.3 Å². The van der Waals surface area contributed by atoms with Crippen LogP contribution < -0.4 is 5.32 Å². The van der Waals surface area contributed by atoms with E-state index in [1.54, 1.807) is 6.07 Å². The number of hydrogen-bond acceptors (Lipinski definition) is 3. The summed E-state index contributed by atoms with van der Waals surface area (Å²) in [6.45, 7) is 3.76. The highest BCUT2D eigenvalue weighted by atomic mass is 35.5. The van der Waals surface area contributed by atoms with E-state index in [9.17, 15) is 9.18 Å². The van der Waals surface area contributed by atoms with Crippen molar-refractivity contribution in [2.75, 3.05) is 32.8 Å². The highest BCUT2D eigenvalue weighted by Gasteiger charge is 2.58. The van der Waals surface area contributed by atoms with Crippen LogP contribution in [0.1, 0.15) is 30.9 Å². The van der Waals surface area contributed by atoms with Gasteiger partial charge in [-0.15, -0.1) is 12.4 Å². The Bertz CT molecular complexity index is 606. The van der Waals surface area contributed by atoms with E-state index in [-0.39, 0.29) is 41.6 Å². The Balaban J connectivity index is 0.00000169. The fraction of sp³-hybridized carbons (Fsp3) is 0.611. The molecule has 1 spiro atoms. The van der Waals surface area contributed by atoms with Crippen LogP contribution in [-0.2, 0) is 9.53 Å². The summed E-state index contributed by atoms with van der Waals surface area (Å²) in [6, 6.07) is 6.50. The minimum atomic E-state index is -0.259. The zero-order valence-corrected chi connectivity index (χ0v) is 14.5. The van der Waals surface area contributed by atoms with E-state index in [1.807, 2.05) is 11.0 Å². The second-order valence-electron chi connectivity index (χ2n) is 7.07. The standard InChI is InChI=1S/C18H23FN2O2.ClH/c19-14-3-1-2-13(10-14)16-12-21(8-9-23-16)17(22)15-11-18(15)4-6-20-7-5-18;/h1-3,10,15-16,20H,4-9,11-12H2;1H. The maximum atomic E-state index is 13.4. The smallest absolute Gasteiger partial charge is 0.226 e. The van der Waals surface area contributed by atoms with E-state index in [0.717, 1.165) is 37.9 Å². The van der Waals surface area contributed by atoms with E-state index in [2.05, 4.69) is 5.32 Å². The number of carbonyl (C=O) groups excluding carboxylic acids is 1. The lowest BCUT2D eigenvalue weighted by Gasteiger charge is -2.34. The number of piperidine rings is 1. The van der Waals surface area contributed by atoms with Gasteiger partial charge in [0, 0.05) is 12.5 Å². The quantitative estimate of drug-likeness (QED) is 0.887. The van der Waals surface area contributed by atoms with Crippen molar-refractivity contribution in [3.63, 3.8) is 0 Å². The number of ether oxygens (including phenoxy) is 1. The number of nitrogens with zero attached hydrogens (tertiary/aromatic N) is 1. The zero-order valence-electron chi connectivity index (χ0n) is 13.7. The summed E-state index contributed by atoms with van der Waals surface area (Å²) >= 11 is 0. The lowest BCUT2D eigenvalue weighted by Crippen LogP contribution is -2.44. The number of morpholine rings is 1. The maximum absolute atomic E-state index is 13.4. The first kappa shape index (κ1) is 17.6. The minimum absolute atomic E-state index is 0. The van der Waals surface area contributed by atoms with Crippen molar-refractivity contribution in [1.29, 1.82) is 0 Å². The molecular weight excluding hydrogens is 331 g/mol. The summed E-state index contributed by atoms with van der Waals surface area (Å²) in [5.74, 6) is 0.206. The molecule has 1 aromatic rings. The van der Waals surface area contributed by atoms with Crippen LogP contribution in [0.2, 0.25) is 0 Å². The molecule has 0 aromatic heterocycles. The van der Waals surface area contributed by atoms with Crippen LogP contribution in [0.25, 0.3) is 0 Å². The van der Waals surface area contributed by atoms with E-state index in [0.29, 0.717) is 19.7 Å². The minimum Gasteiger partial charge on any atom is -0.370 e. The van der Waals surface area contributed by atoms with E-state index >= 15 is 0 Å². The number of halogens is 2. The monoisotopic (exact) mass is 354 g/mol.